The summed E-state index contributed by atoms with van der Waals surface area (Å²) < 4.78 is 5.27. The van der Waals surface area contributed by atoms with Gasteiger partial charge in [-0.05, 0) is 12.1 Å². The van der Waals surface area contributed by atoms with E-state index in [4.69, 9.17) is 9.68 Å². The van der Waals surface area contributed by atoms with Crippen LogP contribution in [0.3, 0.4) is 0 Å². The van der Waals surface area contributed by atoms with Crippen LogP contribution in [0.5, 0.6) is 0 Å². The summed E-state index contributed by atoms with van der Waals surface area (Å²) >= 11 is 0. The van der Waals surface area contributed by atoms with Crippen molar-refractivity contribution in [3.8, 4) is 6.07 Å². The van der Waals surface area contributed by atoms with Gasteiger partial charge in [0.2, 0.25) is 5.89 Å². The maximum Gasteiger partial charge on any atom is 0.209 e. The Kier molecular flexibility index (Phi) is 1.52. The summed E-state index contributed by atoms with van der Waals surface area (Å²) in [5.74, 6) is 0.485. The zero-order valence-electron chi connectivity index (χ0n) is 6.32. The molecule has 0 bridgehead atoms. The van der Waals surface area contributed by atoms with E-state index in [9.17, 15) is 0 Å². The van der Waals surface area contributed by atoms with Crippen molar-refractivity contribution >= 4 is 11.1 Å². The lowest BCUT2D eigenvalue weighted by Crippen LogP contribution is -1.77. The molecule has 0 radical (unpaired) electrons. The minimum Gasteiger partial charge on any atom is -0.440 e. The van der Waals surface area contributed by atoms with Crippen molar-refractivity contribution in [2.45, 2.75) is 6.42 Å². The molecule has 0 saturated heterocycles. The number of nitrogens with zero attached hydrogens (tertiary/aromatic N) is 2. The summed E-state index contributed by atoms with van der Waals surface area (Å²) in [4.78, 5) is 4.11. The SMILES string of the molecule is N#CCc1nc2ccccc2o1. The van der Waals surface area contributed by atoms with Crippen LogP contribution in [0.1, 0.15) is 5.89 Å². The minimum absolute atomic E-state index is 0.231. The standard InChI is InChI=1S/C9H6N2O/c10-6-5-9-11-7-3-1-2-4-8(7)12-9/h1-4H,5H2. The lowest BCUT2D eigenvalue weighted by atomic mass is 10.3. The predicted octanol–water partition coefficient (Wildman–Crippen LogP) is 1.89. The maximum absolute atomic E-state index is 8.39. The van der Waals surface area contributed by atoms with E-state index in [2.05, 4.69) is 4.98 Å². The number of para-hydroxylation sites is 2. The van der Waals surface area contributed by atoms with Crippen molar-refractivity contribution in [2.75, 3.05) is 0 Å². The van der Waals surface area contributed by atoms with Crippen LogP contribution < -0.4 is 0 Å². The maximum atomic E-state index is 8.39. The van der Waals surface area contributed by atoms with Crippen LogP contribution in [0.25, 0.3) is 11.1 Å². The van der Waals surface area contributed by atoms with E-state index >= 15 is 0 Å². The quantitative estimate of drug-likeness (QED) is 0.636. The molecule has 0 atom stereocenters. The molecule has 1 aromatic heterocycles. The van der Waals surface area contributed by atoms with E-state index in [-0.39, 0.29) is 6.42 Å². The second-order valence-corrected chi connectivity index (χ2v) is 2.41. The highest BCUT2D eigenvalue weighted by atomic mass is 16.3. The second-order valence-electron chi connectivity index (χ2n) is 2.41. The van der Waals surface area contributed by atoms with E-state index in [1.165, 1.54) is 0 Å². The number of fused-ring (bicyclic) bond motifs is 1. The molecule has 3 heteroatoms. The highest BCUT2D eigenvalue weighted by Crippen LogP contribution is 2.14. The molecule has 2 rings (SSSR count). The van der Waals surface area contributed by atoms with Crippen LogP contribution in [-0.2, 0) is 6.42 Å². The molecule has 2 aromatic rings. The van der Waals surface area contributed by atoms with Crippen molar-refractivity contribution < 1.29 is 4.42 Å². The molecule has 12 heavy (non-hydrogen) atoms. The Bertz CT molecular complexity index is 406. The lowest BCUT2D eigenvalue weighted by molar-refractivity contribution is 0.548. The zero-order valence-corrected chi connectivity index (χ0v) is 6.32. The van der Waals surface area contributed by atoms with Crippen LogP contribution in [0.15, 0.2) is 28.7 Å². The van der Waals surface area contributed by atoms with Crippen molar-refractivity contribution in [3.63, 3.8) is 0 Å². The monoisotopic (exact) mass is 158 g/mol. The van der Waals surface area contributed by atoms with Crippen molar-refractivity contribution in [1.29, 1.82) is 5.26 Å². The first-order chi connectivity index (χ1) is 5.90. The Morgan fingerprint density at radius 3 is 3.00 bits per heavy atom. The van der Waals surface area contributed by atoms with Gasteiger partial charge in [0.1, 0.15) is 11.9 Å². The smallest absolute Gasteiger partial charge is 0.209 e. The van der Waals surface area contributed by atoms with E-state index in [0.29, 0.717) is 5.89 Å². The normalized spacial score (nSPS) is 9.92. The van der Waals surface area contributed by atoms with Crippen LogP contribution in [0, 0.1) is 11.3 Å². The first-order valence-corrected chi connectivity index (χ1v) is 3.61. The van der Waals surface area contributed by atoms with Gasteiger partial charge in [-0.2, -0.15) is 5.26 Å². The average Bonchev–Trinajstić information content (AvgIpc) is 2.47. The largest absolute Gasteiger partial charge is 0.440 e. The Morgan fingerprint density at radius 1 is 1.42 bits per heavy atom. The molecule has 0 aliphatic rings. The molecule has 0 spiro atoms. The van der Waals surface area contributed by atoms with E-state index in [1.54, 1.807) is 0 Å². The number of rotatable bonds is 1. The summed E-state index contributed by atoms with van der Waals surface area (Å²) in [5, 5.41) is 8.39. The van der Waals surface area contributed by atoms with Crippen LogP contribution in [-0.4, -0.2) is 4.98 Å². The molecule has 3 nitrogen and oxygen atoms in total. The third-order valence-corrected chi connectivity index (χ3v) is 1.57. The molecule has 0 aliphatic heterocycles. The Labute approximate surface area is 69.2 Å². The first kappa shape index (κ1) is 6.86. The van der Waals surface area contributed by atoms with Crippen molar-refractivity contribution in [1.82, 2.24) is 4.98 Å². The first-order valence-electron chi connectivity index (χ1n) is 3.61. The topological polar surface area (TPSA) is 49.8 Å². The molecule has 0 fully saturated rings. The van der Waals surface area contributed by atoms with Crippen molar-refractivity contribution in [3.05, 3.63) is 30.2 Å². The molecule has 1 heterocycles. The number of hydrogen-bond donors (Lipinski definition) is 0. The van der Waals surface area contributed by atoms with Gasteiger partial charge in [-0.3, -0.25) is 0 Å². The number of nitriles is 1. The Balaban J connectivity index is 2.56. The van der Waals surface area contributed by atoms with Gasteiger partial charge in [0.15, 0.2) is 5.58 Å². The third-order valence-electron chi connectivity index (χ3n) is 1.57. The summed E-state index contributed by atoms with van der Waals surface area (Å²) in [6.07, 6.45) is 0.231. The van der Waals surface area contributed by atoms with Crippen molar-refractivity contribution in [2.24, 2.45) is 0 Å². The second kappa shape index (κ2) is 2.67. The number of oxazole rings is 1. The van der Waals surface area contributed by atoms with Gasteiger partial charge < -0.3 is 4.42 Å². The molecule has 0 unspecified atom stereocenters. The Morgan fingerprint density at radius 2 is 2.25 bits per heavy atom. The molecule has 0 N–H and O–H groups in total. The predicted molar refractivity (Wildman–Crippen MR) is 43.3 cm³/mol. The Hall–Kier alpha value is -1.82. The number of aromatic nitrogens is 1. The summed E-state index contributed by atoms with van der Waals surface area (Å²) in [5.41, 5.74) is 1.55. The average molecular weight is 158 g/mol. The van der Waals surface area contributed by atoms with Crippen LogP contribution in [0.2, 0.25) is 0 Å². The molecular formula is C9H6N2O. The minimum atomic E-state index is 0.231. The molecule has 0 aliphatic carbocycles. The highest BCUT2D eigenvalue weighted by molar-refractivity contribution is 5.72. The summed E-state index contributed by atoms with van der Waals surface area (Å²) in [6, 6.07) is 9.45. The lowest BCUT2D eigenvalue weighted by Gasteiger charge is -1.80. The van der Waals surface area contributed by atoms with Gasteiger partial charge >= 0.3 is 0 Å². The molecule has 0 amide bonds. The fourth-order valence-corrected chi connectivity index (χ4v) is 1.06. The molecule has 0 saturated carbocycles. The third kappa shape index (κ3) is 1.04. The van der Waals surface area contributed by atoms with Gasteiger partial charge in [-0.1, -0.05) is 12.1 Å². The zero-order chi connectivity index (χ0) is 8.39. The van der Waals surface area contributed by atoms with E-state index in [0.717, 1.165) is 11.1 Å². The summed E-state index contributed by atoms with van der Waals surface area (Å²) in [6.45, 7) is 0. The number of hydrogen-bond acceptors (Lipinski definition) is 3. The van der Waals surface area contributed by atoms with E-state index in [1.807, 2.05) is 30.3 Å². The van der Waals surface area contributed by atoms with Crippen LogP contribution >= 0.6 is 0 Å². The van der Waals surface area contributed by atoms with Gasteiger partial charge in [0.05, 0.1) is 6.07 Å². The number of benzene rings is 1. The van der Waals surface area contributed by atoms with Gasteiger partial charge in [-0.15, -0.1) is 0 Å². The fourth-order valence-electron chi connectivity index (χ4n) is 1.06. The van der Waals surface area contributed by atoms with Gasteiger partial charge in [-0.25, -0.2) is 4.98 Å². The van der Waals surface area contributed by atoms with Gasteiger partial charge in [0.25, 0.3) is 0 Å². The molecule has 1 aromatic carbocycles. The molecule has 58 valence electrons. The van der Waals surface area contributed by atoms with Gasteiger partial charge in [0, 0.05) is 0 Å². The fraction of sp³-hybridized carbons (Fsp3) is 0.111. The van der Waals surface area contributed by atoms with Crippen LogP contribution in [0.4, 0.5) is 0 Å². The molecular weight excluding hydrogens is 152 g/mol. The summed E-state index contributed by atoms with van der Waals surface area (Å²) in [7, 11) is 0. The van der Waals surface area contributed by atoms with E-state index < -0.39 is 0 Å². The highest BCUT2D eigenvalue weighted by Gasteiger charge is 2.02.